The van der Waals surface area contributed by atoms with Gasteiger partial charge in [0, 0.05) is 25.5 Å². The summed E-state index contributed by atoms with van der Waals surface area (Å²) in [6, 6.07) is 8.69. The van der Waals surface area contributed by atoms with Gasteiger partial charge in [-0.3, -0.25) is 4.79 Å². The highest BCUT2D eigenvalue weighted by atomic mass is 16.3. The predicted molar refractivity (Wildman–Crippen MR) is 69.0 cm³/mol. The molecule has 2 atom stereocenters. The Bertz CT molecular complexity index is 458. The summed E-state index contributed by atoms with van der Waals surface area (Å²) in [5.41, 5.74) is 2.70. The number of hydrogen-bond donors (Lipinski definition) is 1. The summed E-state index contributed by atoms with van der Waals surface area (Å²) >= 11 is 0. The van der Waals surface area contributed by atoms with Gasteiger partial charge in [-0.1, -0.05) is 24.3 Å². The van der Waals surface area contributed by atoms with Crippen LogP contribution in [0.4, 0.5) is 0 Å². The predicted octanol–water partition coefficient (Wildman–Crippen LogP) is 1.90. The molecule has 3 nitrogen and oxygen atoms in total. The standard InChI is InChI=1S/C15H19NO2/c17-10-11-8-15(18)16(9-11)14-7-3-5-12-4-1-2-6-13(12)14/h1-2,4,6,11,14,17H,3,5,7-10H2/t11?,14-/m0/s1. The molecule has 1 heterocycles. The van der Waals surface area contributed by atoms with Crippen LogP contribution in [0.25, 0.3) is 0 Å². The number of aliphatic hydroxyl groups excluding tert-OH is 1. The van der Waals surface area contributed by atoms with Gasteiger partial charge in [-0.25, -0.2) is 0 Å². The molecule has 1 fully saturated rings. The van der Waals surface area contributed by atoms with E-state index >= 15 is 0 Å². The molecule has 96 valence electrons. The largest absolute Gasteiger partial charge is 0.396 e. The number of fused-ring (bicyclic) bond motifs is 1. The Morgan fingerprint density at radius 3 is 2.94 bits per heavy atom. The van der Waals surface area contributed by atoms with Crippen molar-refractivity contribution < 1.29 is 9.90 Å². The third kappa shape index (κ3) is 1.93. The number of benzene rings is 1. The number of likely N-dealkylation sites (tertiary alicyclic amines) is 1. The zero-order chi connectivity index (χ0) is 12.5. The summed E-state index contributed by atoms with van der Waals surface area (Å²) in [6.45, 7) is 0.838. The summed E-state index contributed by atoms with van der Waals surface area (Å²) in [5, 5.41) is 9.22. The average molecular weight is 245 g/mol. The smallest absolute Gasteiger partial charge is 0.223 e. The van der Waals surface area contributed by atoms with Gasteiger partial charge < -0.3 is 10.0 Å². The summed E-state index contributed by atoms with van der Waals surface area (Å²) in [5.74, 6) is 0.336. The van der Waals surface area contributed by atoms with Crippen LogP contribution in [0, 0.1) is 5.92 Å². The molecule has 1 aliphatic carbocycles. The summed E-state index contributed by atoms with van der Waals surface area (Å²) in [4.78, 5) is 14.1. The second-order valence-electron chi connectivity index (χ2n) is 5.41. The first-order valence-corrected chi connectivity index (χ1v) is 6.77. The molecule has 1 saturated heterocycles. The molecule has 1 aliphatic heterocycles. The molecule has 0 spiro atoms. The Balaban J connectivity index is 1.88. The number of rotatable bonds is 2. The molecule has 0 radical (unpaired) electrons. The molecule has 1 N–H and O–H groups in total. The van der Waals surface area contributed by atoms with Gasteiger partial charge in [0.1, 0.15) is 0 Å². The van der Waals surface area contributed by atoms with Crippen LogP contribution in [0.5, 0.6) is 0 Å². The first-order valence-electron chi connectivity index (χ1n) is 6.77. The van der Waals surface area contributed by atoms with Crippen molar-refractivity contribution in [2.45, 2.75) is 31.7 Å². The fourth-order valence-electron chi connectivity index (χ4n) is 3.28. The summed E-state index contributed by atoms with van der Waals surface area (Å²) < 4.78 is 0. The molecule has 0 saturated carbocycles. The molecule has 1 aromatic carbocycles. The van der Waals surface area contributed by atoms with E-state index in [0.29, 0.717) is 13.0 Å². The molecular weight excluding hydrogens is 226 g/mol. The third-order valence-corrected chi connectivity index (χ3v) is 4.21. The monoisotopic (exact) mass is 245 g/mol. The summed E-state index contributed by atoms with van der Waals surface area (Å²) in [7, 11) is 0. The highest BCUT2D eigenvalue weighted by Gasteiger charge is 2.36. The molecular formula is C15H19NO2. The van der Waals surface area contributed by atoms with E-state index < -0.39 is 0 Å². The minimum Gasteiger partial charge on any atom is -0.396 e. The molecule has 3 heteroatoms. The number of hydrogen-bond acceptors (Lipinski definition) is 2. The fourth-order valence-corrected chi connectivity index (χ4v) is 3.28. The number of aliphatic hydroxyl groups is 1. The van der Waals surface area contributed by atoms with Crippen LogP contribution in [0.15, 0.2) is 24.3 Å². The maximum atomic E-state index is 12.1. The van der Waals surface area contributed by atoms with E-state index in [1.807, 2.05) is 4.90 Å². The van der Waals surface area contributed by atoms with Gasteiger partial charge in [0.05, 0.1) is 6.04 Å². The highest BCUT2D eigenvalue weighted by Crippen LogP contribution is 2.37. The van der Waals surface area contributed by atoms with Crippen molar-refractivity contribution >= 4 is 5.91 Å². The molecule has 3 rings (SSSR count). The first kappa shape index (κ1) is 11.7. The van der Waals surface area contributed by atoms with E-state index in [-0.39, 0.29) is 24.5 Å². The Kier molecular flexibility index (Phi) is 3.08. The van der Waals surface area contributed by atoms with Crippen molar-refractivity contribution in [1.82, 2.24) is 4.90 Å². The second-order valence-corrected chi connectivity index (χ2v) is 5.41. The van der Waals surface area contributed by atoms with E-state index in [2.05, 4.69) is 24.3 Å². The Morgan fingerprint density at radius 1 is 1.33 bits per heavy atom. The van der Waals surface area contributed by atoms with Crippen LogP contribution in [-0.4, -0.2) is 29.1 Å². The lowest BCUT2D eigenvalue weighted by Gasteiger charge is -2.33. The number of carbonyl (C=O) groups is 1. The van der Waals surface area contributed by atoms with E-state index in [0.717, 1.165) is 19.3 Å². The van der Waals surface area contributed by atoms with Crippen molar-refractivity contribution in [3.63, 3.8) is 0 Å². The van der Waals surface area contributed by atoms with Crippen LogP contribution in [0.2, 0.25) is 0 Å². The zero-order valence-corrected chi connectivity index (χ0v) is 10.5. The maximum Gasteiger partial charge on any atom is 0.223 e. The van der Waals surface area contributed by atoms with E-state index in [1.165, 1.54) is 11.1 Å². The molecule has 0 aromatic heterocycles. The molecule has 18 heavy (non-hydrogen) atoms. The van der Waals surface area contributed by atoms with Crippen LogP contribution in [0.3, 0.4) is 0 Å². The number of aryl methyl sites for hydroxylation is 1. The molecule has 2 aliphatic rings. The van der Waals surface area contributed by atoms with Crippen LogP contribution in [0.1, 0.15) is 36.4 Å². The zero-order valence-electron chi connectivity index (χ0n) is 10.5. The maximum absolute atomic E-state index is 12.1. The van der Waals surface area contributed by atoms with Gasteiger partial charge in [-0.2, -0.15) is 0 Å². The minimum absolute atomic E-state index is 0.122. The van der Waals surface area contributed by atoms with E-state index in [4.69, 9.17) is 0 Å². The van der Waals surface area contributed by atoms with E-state index in [9.17, 15) is 9.90 Å². The topological polar surface area (TPSA) is 40.5 Å². The summed E-state index contributed by atoms with van der Waals surface area (Å²) in [6.07, 6.45) is 3.84. The average Bonchev–Trinajstić information content (AvgIpc) is 2.79. The molecule has 1 amide bonds. The molecule has 0 bridgehead atoms. The molecule has 1 unspecified atom stereocenters. The van der Waals surface area contributed by atoms with Crippen molar-refractivity contribution in [3.8, 4) is 0 Å². The van der Waals surface area contributed by atoms with Gasteiger partial charge in [0.25, 0.3) is 0 Å². The van der Waals surface area contributed by atoms with Gasteiger partial charge in [0.2, 0.25) is 5.91 Å². The number of amides is 1. The SMILES string of the molecule is O=C1CC(CO)CN1[C@H]1CCCc2ccccc21. The Labute approximate surface area is 107 Å². The van der Waals surface area contributed by atoms with Gasteiger partial charge >= 0.3 is 0 Å². The lowest BCUT2D eigenvalue weighted by atomic mass is 9.87. The fraction of sp³-hybridized carbons (Fsp3) is 0.533. The van der Waals surface area contributed by atoms with Gasteiger partial charge in [-0.05, 0) is 30.4 Å². The van der Waals surface area contributed by atoms with Crippen molar-refractivity contribution in [2.75, 3.05) is 13.2 Å². The van der Waals surface area contributed by atoms with Gasteiger partial charge in [-0.15, -0.1) is 0 Å². The Morgan fingerprint density at radius 2 is 2.17 bits per heavy atom. The van der Waals surface area contributed by atoms with Crippen molar-refractivity contribution in [3.05, 3.63) is 35.4 Å². The van der Waals surface area contributed by atoms with Gasteiger partial charge in [0.15, 0.2) is 0 Å². The lowest BCUT2D eigenvalue weighted by Crippen LogP contribution is -2.32. The second kappa shape index (κ2) is 4.73. The number of carbonyl (C=O) groups excluding carboxylic acids is 1. The van der Waals surface area contributed by atoms with Crippen LogP contribution < -0.4 is 0 Å². The minimum atomic E-state index is 0.122. The van der Waals surface area contributed by atoms with E-state index in [1.54, 1.807) is 0 Å². The number of nitrogens with zero attached hydrogens (tertiary/aromatic N) is 1. The molecule has 1 aromatic rings. The highest BCUT2D eigenvalue weighted by molar-refractivity contribution is 5.79. The lowest BCUT2D eigenvalue weighted by molar-refractivity contribution is -0.130. The van der Waals surface area contributed by atoms with Crippen molar-refractivity contribution in [2.24, 2.45) is 5.92 Å². The Hall–Kier alpha value is -1.35. The van der Waals surface area contributed by atoms with Crippen LogP contribution in [-0.2, 0) is 11.2 Å². The normalized spacial score (nSPS) is 27.4. The quantitative estimate of drug-likeness (QED) is 0.864. The van der Waals surface area contributed by atoms with Crippen LogP contribution >= 0.6 is 0 Å². The third-order valence-electron chi connectivity index (χ3n) is 4.21. The first-order chi connectivity index (χ1) is 8.79. The van der Waals surface area contributed by atoms with Crippen molar-refractivity contribution in [1.29, 1.82) is 0 Å².